The van der Waals surface area contributed by atoms with Gasteiger partial charge in [-0.25, -0.2) is 0 Å². The van der Waals surface area contributed by atoms with Crippen LogP contribution in [0, 0.1) is 0 Å². The molecule has 1 aliphatic rings. The molecule has 0 bridgehead atoms. The van der Waals surface area contributed by atoms with E-state index in [1.165, 1.54) is 0 Å². The van der Waals surface area contributed by atoms with E-state index in [-0.39, 0.29) is 11.8 Å². The van der Waals surface area contributed by atoms with E-state index in [1.54, 1.807) is 39.5 Å². The molecule has 1 saturated heterocycles. The molecule has 0 spiro atoms. The molecule has 7 nitrogen and oxygen atoms in total. The standard InChI is InChI=1S/C21H27ClN4O3/c1-23-21(24-12-14-10-17(28-2)5-6-19(14)27)25-16-8-9-26(13-16)18-11-15(22)4-7-20(18)29-3/h4-7,10-11,16,27H,8-9,12-13H2,1-3H3,(H2,23,24,25). The summed E-state index contributed by atoms with van der Waals surface area (Å²) in [6.45, 7) is 2.13. The van der Waals surface area contributed by atoms with Gasteiger partial charge >= 0.3 is 0 Å². The van der Waals surface area contributed by atoms with E-state index in [4.69, 9.17) is 21.1 Å². The Hall–Kier alpha value is -2.80. The molecule has 0 aromatic heterocycles. The molecule has 0 aliphatic carbocycles. The Morgan fingerprint density at radius 2 is 2.07 bits per heavy atom. The van der Waals surface area contributed by atoms with Gasteiger partial charge in [0.05, 0.1) is 19.9 Å². The normalized spacial score (nSPS) is 16.6. The lowest BCUT2D eigenvalue weighted by atomic mass is 10.2. The van der Waals surface area contributed by atoms with Crippen LogP contribution in [-0.2, 0) is 6.54 Å². The highest BCUT2D eigenvalue weighted by atomic mass is 35.5. The average molecular weight is 419 g/mol. The maximum Gasteiger partial charge on any atom is 0.191 e. The zero-order valence-corrected chi connectivity index (χ0v) is 17.7. The van der Waals surface area contributed by atoms with Crippen molar-refractivity contribution in [3.63, 3.8) is 0 Å². The monoisotopic (exact) mass is 418 g/mol. The number of aromatic hydroxyl groups is 1. The number of benzene rings is 2. The molecule has 2 aromatic rings. The molecule has 0 saturated carbocycles. The molecule has 1 aliphatic heterocycles. The van der Waals surface area contributed by atoms with Crippen LogP contribution in [0.3, 0.4) is 0 Å². The second kappa shape index (κ2) is 9.60. The molecular formula is C21H27ClN4O3. The lowest BCUT2D eigenvalue weighted by Gasteiger charge is -2.22. The predicted octanol–water partition coefficient (Wildman–Crippen LogP) is 3.01. The van der Waals surface area contributed by atoms with E-state index in [0.717, 1.165) is 36.5 Å². The highest BCUT2D eigenvalue weighted by molar-refractivity contribution is 6.30. The molecule has 1 atom stereocenters. The molecule has 1 unspecified atom stereocenters. The topological polar surface area (TPSA) is 78.4 Å². The van der Waals surface area contributed by atoms with Crippen molar-refractivity contribution < 1.29 is 14.6 Å². The largest absolute Gasteiger partial charge is 0.508 e. The Labute approximate surface area is 176 Å². The molecule has 3 N–H and O–H groups in total. The van der Waals surface area contributed by atoms with Crippen molar-refractivity contribution in [2.45, 2.75) is 19.0 Å². The summed E-state index contributed by atoms with van der Waals surface area (Å²) in [6.07, 6.45) is 0.959. The van der Waals surface area contributed by atoms with Crippen LogP contribution in [-0.4, -0.2) is 51.5 Å². The van der Waals surface area contributed by atoms with Gasteiger partial charge in [-0.1, -0.05) is 11.6 Å². The van der Waals surface area contributed by atoms with Gasteiger partial charge in [0.2, 0.25) is 0 Å². The predicted molar refractivity (Wildman–Crippen MR) is 117 cm³/mol. The number of phenols is 1. The molecule has 1 heterocycles. The Morgan fingerprint density at radius 1 is 1.24 bits per heavy atom. The summed E-state index contributed by atoms with van der Waals surface area (Å²) in [5.41, 5.74) is 1.73. The zero-order chi connectivity index (χ0) is 20.8. The summed E-state index contributed by atoms with van der Waals surface area (Å²) in [4.78, 5) is 6.56. The van der Waals surface area contributed by atoms with Gasteiger partial charge in [-0.3, -0.25) is 4.99 Å². The van der Waals surface area contributed by atoms with E-state index in [2.05, 4.69) is 20.5 Å². The number of guanidine groups is 1. The van der Waals surface area contributed by atoms with Crippen molar-refractivity contribution >= 4 is 23.2 Å². The summed E-state index contributed by atoms with van der Waals surface area (Å²) in [5.74, 6) is 2.40. The Bertz CT molecular complexity index is 875. The molecule has 1 fully saturated rings. The van der Waals surface area contributed by atoms with Gasteiger partial charge in [0.25, 0.3) is 0 Å². The maximum absolute atomic E-state index is 10.0. The number of halogens is 1. The van der Waals surface area contributed by atoms with Gasteiger partial charge in [0.15, 0.2) is 5.96 Å². The molecule has 156 valence electrons. The third-order valence-corrected chi connectivity index (χ3v) is 5.20. The van der Waals surface area contributed by atoms with Gasteiger partial charge in [0.1, 0.15) is 17.2 Å². The van der Waals surface area contributed by atoms with Crippen LogP contribution >= 0.6 is 11.6 Å². The number of hydrogen-bond donors (Lipinski definition) is 3. The van der Waals surface area contributed by atoms with Crippen LogP contribution in [0.15, 0.2) is 41.4 Å². The number of anilines is 1. The van der Waals surface area contributed by atoms with Gasteiger partial charge in [0, 0.05) is 43.3 Å². The number of ether oxygens (including phenoxy) is 2. The maximum atomic E-state index is 10.0. The first-order chi connectivity index (χ1) is 14.0. The van der Waals surface area contributed by atoms with Crippen molar-refractivity contribution in [3.05, 3.63) is 47.0 Å². The first-order valence-corrected chi connectivity index (χ1v) is 9.83. The third kappa shape index (κ3) is 5.17. The van der Waals surface area contributed by atoms with E-state index < -0.39 is 0 Å². The SMILES string of the molecule is CN=C(NCc1cc(OC)ccc1O)NC1CCN(c2cc(Cl)ccc2OC)C1. The molecule has 8 heteroatoms. The Balaban J connectivity index is 1.59. The van der Waals surface area contributed by atoms with Crippen molar-refractivity contribution in [1.29, 1.82) is 0 Å². The number of nitrogens with one attached hydrogen (secondary N) is 2. The van der Waals surface area contributed by atoms with Gasteiger partial charge in [-0.05, 0) is 42.8 Å². The third-order valence-electron chi connectivity index (χ3n) is 4.97. The van der Waals surface area contributed by atoms with Crippen LogP contribution < -0.4 is 25.0 Å². The van der Waals surface area contributed by atoms with Crippen molar-refractivity contribution in [2.24, 2.45) is 4.99 Å². The van der Waals surface area contributed by atoms with Gasteiger partial charge in [-0.15, -0.1) is 0 Å². The summed E-state index contributed by atoms with van der Waals surface area (Å²) in [7, 11) is 5.00. The number of nitrogens with zero attached hydrogens (tertiary/aromatic N) is 2. The minimum atomic E-state index is 0.217. The number of methoxy groups -OCH3 is 2. The summed E-state index contributed by atoms with van der Waals surface area (Å²) >= 11 is 6.17. The number of hydrogen-bond acceptors (Lipinski definition) is 5. The summed E-state index contributed by atoms with van der Waals surface area (Å²) in [6, 6.07) is 11.0. The van der Waals surface area contributed by atoms with Crippen LogP contribution in [0.25, 0.3) is 0 Å². The highest BCUT2D eigenvalue weighted by Crippen LogP contribution is 2.33. The van der Waals surface area contributed by atoms with Crippen LogP contribution in [0.4, 0.5) is 5.69 Å². The Kier molecular flexibility index (Phi) is 6.93. The van der Waals surface area contributed by atoms with Crippen molar-refractivity contribution in [3.8, 4) is 17.2 Å². The minimum absolute atomic E-state index is 0.217. The fourth-order valence-electron chi connectivity index (χ4n) is 3.40. The number of rotatable bonds is 6. The number of aliphatic imine (C=N–C) groups is 1. The fraction of sp³-hybridized carbons (Fsp3) is 0.381. The smallest absolute Gasteiger partial charge is 0.191 e. The lowest BCUT2D eigenvalue weighted by molar-refractivity contribution is 0.410. The number of phenolic OH excluding ortho intramolecular Hbond substituents is 1. The lowest BCUT2D eigenvalue weighted by Crippen LogP contribution is -2.44. The van der Waals surface area contributed by atoms with Gasteiger partial charge in [-0.2, -0.15) is 0 Å². The molecule has 0 radical (unpaired) electrons. The highest BCUT2D eigenvalue weighted by Gasteiger charge is 2.25. The van der Waals surface area contributed by atoms with Crippen LogP contribution in [0.1, 0.15) is 12.0 Å². The van der Waals surface area contributed by atoms with Crippen molar-refractivity contribution in [2.75, 3.05) is 39.3 Å². The summed E-state index contributed by atoms with van der Waals surface area (Å²) < 4.78 is 10.7. The molecule has 3 rings (SSSR count). The molecule has 29 heavy (non-hydrogen) atoms. The summed E-state index contributed by atoms with van der Waals surface area (Å²) in [5, 5.41) is 17.4. The van der Waals surface area contributed by atoms with E-state index in [1.807, 2.05) is 18.2 Å². The minimum Gasteiger partial charge on any atom is -0.508 e. The average Bonchev–Trinajstić information content (AvgIpc) is 3.20. The van der Waals surface area contributed by atoms with Crippen LogP contribution in [0.2, 0.25) is 5.02 Å². The fourth-order valence-corrected chi connectivity index (χ4v) is 3.57. The quantitative estimate of drug-likeness (QED) is 0.494. The van der Waals surface area contributed by atoms with Crippen LogP contribution in [0.5, 0.6) is 17.2 Å². The second-order valence-corrected chi connectivity index (χ2v) is 7.25. The second-order valence-electron chi connectivity index (χ2n) is 6.81. The van der Waals surface area contributed by atoms with Gasteiger partial charge < -0.3 is 30.1 Å². The van der Waals surface area contributed by atoms with E-state index in [9.17, 15) is 5.11 Å². The van der Waals surface area contributed by atoms with E-state index in [0.29, 0.717) is 23.3 Å². The Morgan fingerprint density at radius 3 is 2.79 bits per heavy atom. The molecule has 2 aromatic carbocycles. The molecular weight excluding hydrogens is 392 g/mol. The first-order valence-electron chi connectivity index (χ1n) is 9.45. The van der Waals surface area contributed by atoms with E-state index >= 15 is 0 Å². The van der Waals surface area contributed by atoms with Crippen molar-refractivity contribution in [1.82, 2.24) is 10.6 Å². The molecule has 0 amide bonds. The first kappa shape index (κ1) is 20.9. The zero-order valence-electron chi connectivity index (χ0n) is 16.9.